The Balaban J connectivity index is 0.836. The molecule has 2 aromatic heterocycles. The zero-order chi connectivity index (χ0) is 35.4. The van der Waals surface area contributed by atoms with Crippen LogP contribution in [-0.2, 0) is 41.3 Å². The lowest BCUT2D eigenvalue weighted by Gasteiger charge is -2.20. The van der Waals surface area contributed by atoms with E-state index in [4.69, 9.17) is 18.9 Å². The molecule has 6 rings (SSSR count). The highest BCUT2D eigenvalue weighted by molar-refractivity contribution is 8.00. The van der Waals surface area contributed by atoms with Crippen molar-refractivity contribution in [1.29, 1.82) is 0 Å². The summed E-state index contributed by atoms with van der Waals surface area (Å²) in [5.41, 5.74) is 6.11. The van der Waals surface area contributed by atoms with Gasteiger partial charge >= 0.3 is 0 Å². The highest BCUT2D eigenvalue weighted by Crippen LogP contribution is 2.33. The second-order valence-corrected chi connectivity index (χ2v) is 14.7. The largest absolute Gasteiger partial charge is 0.490 e. The van der Waals surface area contributed by atoms with Gasteiger partial charge in [-0.3, -0.25) is 19.9 Å². The third kappa shape index (κ3) is 10.5. The van der Waals surface area contributed by atoms with Crippen LogP contribution in [0.25, 0.3) is 21.1 Å². The van der Waals surface area contributed by atoms with E-state index in [9.17, 15) is 18.4 Å². The Morgan fingerprint density at radius 2 is 1.67 bits per heavy atom. The number of thiazole rings is 1. The molecule has 2 unspecified atom stereocenters. The molecule has 268 valence electrons. The second-order valence-electron chi connectivity index (χ2n) is 11.6. The van der Waals surface area contributed by atoms with Gasteiger partial charge in [0, 0.05) is 46.9 Å². The van der Waals surface area contributed by atoms with E-state index >= 15 is 0 Å². The zero-order valence-electron chi connectivity index (χ0n) is 27.7. The Labute approximate surface area is 305 Å². The number of pyridine rings is 1. The van der Waals surface area contributed by atoms with Crippen molar-refractivity contribution < 1.29 is 37.3 Å². The molecule has 3 heterocycles. The second kappa shape index (κ2) is 18.5. The summed E-state index contributed by atoms with van der Waals surface area (Å²) in [5.74, 6) is -0.135. The van der Waals surface area contributed by atoms with Crippen LogP contribution in [0.1, 0.15) is 24.8 Å². The summed E-state index contributed by atoms with van der Waals surface area (Å²) in [6.45, 7) is 2.81. The van der Waals surface area contributed by atoms with Crippen LogP contribution in [0.4, 0.5) is 11.4 Å². The summed E-state index contributed by atoms with van der Waals surface area (Å²) in [6.07, 6.45) is 4.39. The van der Waals surface area contributed by atoms with Gasteiger partial charge in [-0.05, 0) is 67.3 Å². The topological polar surface area (TPSA) is 158 Å². The van der Waals surface area contributed by atoms with E-state index in [0.29, 0.717) is 56.8 Å². The van der Waals surface area contributed by atoms with Crippen LogP contribution in [0.3, 0.4) is 0 Å². The first-order valence-electron chi connectivity index (χ1n) is 16.5. The van der Waals surface area contributed by atoms with Gasteiger partial charge in [-0.2, -0.15) is 0 Å². The van der Waals surface area contributed by atoms with E-state index in [1.807, 2.05) is 36.4 Å². The molecule has 2 amide bonds. The lowest BCUT2D eigenvalue weighted by molar-refractivity contribution is -0.132. The van der Waals surface area contributed by atoms with Crippen LogP contribution in [0, 0.1) is 0 Å². The predicted octanol–water partition coefficient (Wildman–Crippen LogP) is 6.13. The van der Waals surface area contributed by atoms with Crippen molar-refractivity contribution in [3.63, 3.8) is 0 Å². The van der Waals surface area contributed by atoms with Gasteiger partial charge in [-0.15, -0.1) is 23.1 Å². The number of imide groups is 1. The number of carbonyl (C=O) groups is 2. The van der Waals surface area contributed by atoms with Gasteiger partial charge in [0.2, 0.25) is 11.8 Å². The van der Waals surface area contributed by atoms with Crippen molar-refractivity contribution in [1.82, 2.24) is 15.3 Å². The average Bonchev–Trinajstić information content (AvgIpc) is 3.60. The minimum atomic E-state index is -2.28. The Bertz CT molecular complexity index is 1970. The minimum Gasteiger partial charge on any atom is -0.490 e. The van der Waals surface area contributed by atoms with E-state index < -0.39 is 11.1 Å². The molecule has 0 aliphatic carbocycles. The van der Waals surface area contributed by atoms with Crippen LogP contribution >= 0.6 is 23.1 Å². The Morgan fingerprint density at radius 3 is 2.43 bits per heavy atom. The molecule has 0 saturated carbocycles. The quantitative estimate of drug-likeness (QED) is 0.0505. The summed E-state index contributed by atoms with van der Waals surface area (Å²) in [7, 11) is 0. The van der Waals surface area contributed by atoms with E-state index in [1.165, 1.54) is 17.3 Å². The molecule has 0 radical (unpaired) electrons. The third-order valence-corrected chi connectivity index (χ3v) is 10.8. The SMILES string of the molecule is O=C1CCC(Sc2ccc(CCCOCCOCCOCCOc3cc4nccc(Nc5ccc6scnc6c5)c4cc3S(=O)O)cc2)C(=O)N1. The summed E-state index contributed by atoms with van der Waals surface area (Å²) in [4.78, 5) is 33.3. The fourth-order valence-electron chi connectivity index (χ4n) is 5.42. The number of hydrogen-bond donors (Lipinski definition) is 3. The molecule has 3 aromatic carbocycles. The Morgan fingerprint density at radius 1 is 0.902 bits per heavy atom. The number of fused-ring (bicyclic) bond motifs is 2. The monoisotopic (exact) mass is 750 g/mol. The van der Waals surface area contributed by atoms with Gasteiger partial charge in [0.25, 0.3) is 0 Å². The van der Waals surface area contributed by atoms with Crippen molar-refractivity contribution >= 4 is 78.5 Å². The first-order valence-corrected chi connectivity index (χ1v) is 19.4. The maximum atomic E-state index is 12.2. The lowest BCUT2D eigenvalue weighted by atomic mass is 10.1. The Hall–Kier alpha value is -3.96. The van der Waals surface area contributed by atoms with Crippen LogP contribution in [0.2, 0.25) is 0 Å². The molecule has 2 atom stereocenters. The van der Waals surface area contributed by atoms with Crippen LogP contribution in [0.5, 0.6) is 5.75 Å². The molecule has 0 spiro atoms. The fourth-order valence-corrected chi connectivity index (χ4v) is 7.61. The maximum Gasteiger partial charge on any atom is 0.240 e. The molecule has 12 nitrogen and oxygen atoms in total. The van der Waals surface area contributed by atoms with Gasteiger partial charge in [-0.25, -0.2) is 9.19 Å². The number of rotatable bonds is 19. The molecule has 5 aromatic rings. The minimum absolute atomic E-state index is 0.149. The highest BCUT2D eigenvalue weighted by Gasteiger charge is 2.27. The van der Waals surface area contributed by atoms with Gasteiger partial charge < -0.3 is 28.8 Å². The molecular weight excluding hydrogens is 713 g/mol. The zero-order valence-corrected chi connectivity index (χ0v) is 30.2. The summed E-state index contributed by atoms with van der Waals surface area (Å²) >= 11 is 0.789. The molecule has 51 heavy (non-hydrogen) atoms. The summed E-state index contributed by atoms with van der Waals surface area (Å²) in [6, 6.07) is 19.2. The standard InChI is InChI=1S/C36H38N4O8S3/c41-35-10-9-33(36(42)40-35)50-26-6-3-24(4-7-26)2-1-13-45-14-15-46-16-17-47-18-19-48-31-22-29-27(21-34(31)51(43)44)28(11-12-37-29)39-25-5-8-32-30(20-25)38-23-49-32/h3-8,11-12,20-23,33H,1-2,9-10,13-19H2,(H,37,39)(H,43,44)(H,40,41,42). The molecule has 1 aliphatic rings. The summed E-state index contributed by atoms with van der Waals surface area (Å²) < 4.78 is 46.1. The number of ether oxygens (including phenoxy) is 4. The van der Waals surface area contributed by atoms with Gasteiger partial charge in [0.1, 0.15) is 17.3 Å². The maximum absolute atomic E-state index is 12.2. The summed E-state index contributed by atoms with van der Waals surface area (Å²) in [5, 5.41) is 6.23. The number of nitrogens with one attached hydrogen (secondary N) is 2. The average molecular weight is 751 g/mol. The number of aryl methyl sites for hydroxylation is 1. The third-order valence-electron chi connectivity index (χ3n) is 7.98. The number of carbonyl (C=O) groups excluding carboxylic acids is 2. The van der Waals surface area contributed by atoms with Gasteiger partial charge in [0.15, 0.2) is 11.1 Å². The van der Waals surface area contributed by atoms with Gasteiger partial charge in [0.05, 0.1) is 59.5 Å². The van der Waals surface area contributed by atoms with Crippen LogP contribution in [-0.4, -0.2) is 82.0 Å². The van der Waals surface area contributed by atoms with Crippen molar-refractivity contribution in [3.8, 4) is 5.75 Å². The van der Waals surface area contributed by atoms with Gasteiger partial charge in [-0.1, -0.05) is 12.1 Å². The number of nitrogens with zero attached hydrogens (tertiary/aromatic N) is 2. The molecule has 0 bridgehead atoms. The number of amides is 2. The number of piperidine rings is 1. The normalized spacial score (nSPS) is 15.3. The smallest absolute Gasteiger partial charge is 0.240 e. The molecule has 1 saturated heterocycles. The van der Waals surface area contributed by atoms with Crippen molar-refractivity contribution in [2.24, 2.45) is 0 Å². The number of hydrogen-bond acceptors (Lipinski definition) is 12. The van der Waals surface area contributed by atoms with Crippen molar-refractivity contribution in [2.45, 2.75) is 40.7 Å². The van der Waals surface area contributed by atoms with Crippen LogP contribution < -0.4 is 15.4 Å². The predicted molar refractivity (Wildman–Crippen MR) is 198 cm³/mol. The number of aromatic nitrogens is 2. The van der Waals surface area contributed by atoms with E-state index in [2.05, 4.69) is 32.7 Å². The fraction of sp³-hybridized carbons (Fsp3) is 0.333. The molecule has 1 fully saturated rings. The van der Waals surface area contributed by atoms with Crippen LogP contribution in [0.15, 0.2) is 82.2 Å². The first-order chi connectivity index (χ1) is 24.9. The van der Waals surface area contributed by atoms with E-state index in [-0.39, 0.29) is 40.9 Å². The molecule has 3 N–H and O–H groups in total. The first kappa shape index (κ1) is 36.8. The molecule has 1 aliphatic heterocycles. The van der Waals surface area contributed by atoms with E-state index in [1.54, 1.807) is 35.2 Å². The molecular formula is C36H38N4O8S3. The number of thioether (sulfide) groups is 1. The highest BCUT2D eigenvalue weighted by atomic mass is 32.2. The Kier molecular flexibility index (Phi) is 13.4. The van der Waals surface area contributed by atoms with Crippen molar-refractivity contribution in [3.05, 3.63) is 77.9 Å². The number of anilines is 2. The number of benzene rings is 3. The lowest BCUT2D eigenvalue weighted by Crippen LogP contribution is -2.42. The van der Waals surface area contributed by atoms with E-state index in [0.717, 1.165) is 39.3 Å². The van der Waals surface area contributed by atoms with Crippen molar-refractivity contribution in [2.75, 3.05) is 51.6 Å². The molecule has 15 heteroatoms.